The van der Waals surface area contributed by atoms with Gasteiger partial charge in [0.05, 0.1) is 5.56 Å². The van der Waals surface area contributed by atoms with Gasteiger partial charge in [0.2, 0.25) is 0 Å². The van der Waals surface area contributed by atoms with E-state index in [1.807, 2.05) is 0 Å². The molecule has 2 N–H and O–H groups in total. The van der Waals surface area contributed by atoms with Gasteiger partial charge >= 0.3 is 0 Å². The van der Waals surface area contributed by atoms with E-state index in [1.54, 1.807) is 18.3 Å². The zero-order chi connectivity index (χ0) is 10.7. The van der Waals surface area contributed by atoms with E-state index >= 15 is 0 Å². The van der Waals surface area contributed by atoms with Crippen molar-refractivity contribution in [2.75, 3.05) is 0 Å². The highest BCUT2D eigenvalue weighted by Gasteiger charge is 1.95. The molecule has 0 bridgehead atoms. The number of hydrogen-bond acceptors (Lipinski definition) is 1. The van der Waals surface area contributed by atoms with E-state index in [9.17, 15) is 9.50 Å². The first kappa shape index (κ1) is 9.35. The van der Waals surface area contributed by atoms with Gasteiger partial charge in [0, 0.05) is 18.0 Å². The minimum absolute atomic E-state index is 0.115. The number of rotatable bonds is 0. The van der Waals surface area contributed by atoms with Crippen LogP contribution in [0.1, 0.15) is 11.1 Å². The zero-order valence-electron chi connectivity index (χ0n) is 7.79. The minimum Gasteiger partial charge on any atom is -0.505 e. The first-order valence-corrected chi connectivity index (χ1v) is 4.39. The van der Waals surface area contributed by atoms with Crippen LogP contribution in [-0.4, -0.2) is 10.1 Å². The van der Waals surface area contributed by atoms with Crippen LogP contribution in [0.25, 0.3) is 0 Å². The number of aromatic nitrogens is 1. The van der Waals surface area contributed by atoms with E-state index in [0.717, 1.165) is 0 Å². The average molecular weight is 201 g/mol. The van der Waals surface area contributed by atoms with Crippen LogP contribution in [0.15, 0.2) is 36.7 Å². The predicted molar refractivity (Wildman–Crippen MR) is 54.8 cm³/mol. The van der Waals surface area contributed by atoms with Gasteiger partial charge in [-0.25, -0.2) is 4.39 Å². The maximum absolute atomic E-state index is 12.6. The van der Waals surface area contributed by atoms with Crippen molar-refractivity contribution >= 4 is 0 Å². The fraction of sp³-hybridized carbons (Fsp3) is 0. The maximum atomic E-state index is 12.6. The molecule has 1 heterocycles. The number of halogens is 1. The summed E-state index contributed by atoms with van der Waals surface area (Å²) in [6.45, 7) is 0. The fourth-order valence-corrected chi connectivity index (χ4v) is 1.13. The van der Waals surface area contributed by atoms with Gasteiger partial charge in [0.15, 0.2) is 0 Å². The van der Waals surface area contributed by atoms with Gasteiger partial charge in [-0.2, -0.15) is 0 Å². The van der Waals surface area contributed by atoms with Crippen LogP contribution < -0.4 is 0 Å². The molecule has 1 aromatic carbocycles. The smallest absolute Gasteiger partial charge is 0.148 e. The van der Waals surface area contributed by atoms with Crippen molar-refractivity contribution in [3.05, 3.63) is 53.6 Å². The second-order valence-electron chi connectivity index (χ2n) is 3.01. The number of hydrogen-bond donors (Lipinski definition) is 2. The second kappa shape index (κ2) is 3.89. The molecule has 0 atom stereocenters. The molecule has 0 radical (unpaired) electrons. The molecule has 3 heteroatoms. The van der Waals surface area contributed by atoms with Crippen LogP contribution in [0, 0.1) is 17.7 Å². The minimum atomic E-state index is -0.287. The molecule has 0 aliphatic carbocycles. The van der Waals surface area contributed by atoms with Gasteiger partial charge in [-0.15, -0.1) is 0 Å². The molecule has 0 saturated carbocycles. The van der Waals surface area contributed by atoms with Gasteiger partial charge in [0.25, 0.3) is 0 Å². The van der Waals surface area contributed by atoms with Crippen molar-refractivity contribution < 1.29 is 9.50 Å². The number of nitrogens with one attached hydrogen (secondary N) is 1. The second-order valence-corrected chi connectivity index (χ2v) is 3.01. The summed E-state index contributed by atoms with van der Waals surface area (Å²) in [7, 11) is 0. The molecule has 0 amide bonds. The van der Waals surface area contributed by atoms with Gasteiger partial charge in [-0.05, 0) is 24.3 Å². The highest BCUT2D eigenvalue weighted by molar-refractivity contribution is 5.47. The van der Waals surface area contributed by atoms with Crippen molar-refractivity contribution in [3.63, 3.8) is 0 Å². The van der Waals surface area contributed by atoms with Crippen molar-refractivity contribution in [1.82, 2.24) is 4.98 Å². The van der Waals surface area contributed by atoms with Gasteiger partial charge < -0.3 is 10.1 Å². The third-order valence-corrected chi connectivity index (χ3v) is 1.91. The Hall–Kier alpha value is -2.21. The molecule has 1 aromatic heterocycles. The highest BCUT2D eigenvalue weighted by atomic mass is 19.1. The summed E-state index contributed by atoms with van der Waals surface area (Å²) in [6.07, 6.45) is 3.06. The zero-order valence-corrected chi connectivity index (χ0v) is 7.79. The molecule has 15 heavy (non-hydrogen) atoms. The highest BCUT2D eigenvalue weighted by Crippen LogP contribution is 2.13. The van der Waals surface area contributed by atoms with Crippen molar-refractivity contribution in [3.8, 4) is 17.6 Å². The van der Waals surface area contributed by atoms with E-state index in [4.69, 9.17) is 0 Å². The molecule has 0 aliphatic heterocycles. The van der Waals surface area contributed by atoms with E-state index in [2.05, 4.69) is 16.8 Å². The Kier molecular flexibility index (Phi) is 2.42. The molecule has 2 aromatic rings. The molecule has 0 unspecified atom stereocenters. The molecule has 0 fully saturated rings. The first-order valence-electron chi connectivity index (χ1n) is 4.39. The predicted octanol–water partition coefficient (Wildman–Crippen LogP) is 2.26. The summed E-state index contributed by atoms with van der Waals surface area (Å²) in [5, 5.41) is 9.28. The lowest BCUT2D eigenvalue weighted by molar-refractivity contribution is 0.475. The largest absolute Gasteiger partial charge is 0.505 e. The normalized spacial score (nSPS) is 9.40. The molecule has 74 valence electrons. The lowest BCUT2D eigenvalue weighted by Gasteiger charge is -1.89. The summed E-state index contributed by atoms with van der Waals surface area (Å²) in [5.74, 6) is 5.42. The number of benzene rings is 1. The molecular weight excluding hydrogens is 193 g/mol. The Labute approximate surface area is 86.4 Å². The Bertz CT molecular complexity index is 517. The fourth-order valence-electron chi connectivity index (χ4n) is 1.13. The van der Waals surface area contributed by atoms with Gasteiger partial charge in [-0.3, -0.25) is 0 Å². The van der Waals surface area contributed by atoms with Crippen molar-refractivity contribution in [2.45, 2.75) is 0 Å². The van der Waals surface area contributed by atoms with Crippen LogP contribution in [0.5, 0.6) is 5.75 Å². The number of H-pyrrole nitrogens is 1. The Morgan fingerprint density at radius 1 is 1.07 bits per heavy atom. The van der Waals surface area contributed by atoms with E-state index in [1.165, 1.54) is 18.3 Å². The summed E-state index contributed by atoms with van der Waals surface area (Å²) >= 11 is 0. The monoisotopic (exact) mass is 201 g/mol. The quantitative estimate of drug-likeness (QED) is 0.630. The van der Waals surface area contributed by atoms with Gasteiger partial charge in [-0.1, -0.05) is 11.8 Å². The summed E-state index contributed by atoms with van der Waals surface area (Å²) < 4.78 is 12.6. The molecule has 0 spiro atoms. The van der Waals surface area contributed by atoms with Crippen LogP contribution in [-0.2, 0) is 0 Å². The number of aromatic amines is 1. The topological polar surface area (TPSA) is 36.0 Å². The first-order chi connectivity index (χ1) is 7.25. The van der Waals surface area contributed by atoms with Gasteiger partial charge in [0.1, 0.15) is 11.6 Å². The summed E-state index contributed by atoms with van der Waals surface area (Å²) in [4.78, 5) is 2.73. The average Bonchev–Trinajstić information content (AvgIpc) is 2.63. The molecule has 0 aliphatic rings. The lowest BCUT2D eigenvalue weighted by Crippen LogP contribution is -1.76. The number of aromatic hydroxyl groups is 1. The van der Waals surface area contributed by atoms with Crippen LogP contribution >= 0.6 is 0 Å². The molecule has 0 saturated heterocycles. The summed E-state index contributed by atoms with van der Waals surface area (Å²) in [6, 6.07) is 5.88. The van der Waals surface area contributed by atoms with Crippen LogP contribution in [0.4, 0.5) is 4.39 Å². The van der Waals surface area contributed by atoms with Crippen LogP contribution in [0.3, 0.4) is 0 Å². The maximum Gasteiger partial charge on any atom is 0.148 e. The van der Waals surface area contributed by atoms with E-state index in [-0.39, 0.29) is 11.6 Å². The summed E-state index contributed by atoms with van der Waals surface area (Å²) in [5.41, 5.74) is 1.23. The van der Waals surface area contributed by atoms with Crippen LogP contribution in [0.2, 0.25) is 0 Å². The Morgan fingerprint density at radius 2 is 1.80 bits per heavy atom. The Balaban J connectivity index is 2.26. The molecule has 2 nitrogen and oxygen atoms in total. The standard InChI is InChI=1S/C12H8FNO/c13-11-5-2-9(3-6-11)1-4-10-7-14-8-12(10)15/h2-3,5-8,14-15H. The Morgan fingerprint density at radius 3 is 2.40 bits per heavy atom. The SMILES string of the molecule is Oc1c[nH]cc1C#Cc1ccc(F)cc1. The third kappa shape index (κ3) is 2.18. The van der Waals surface area contributed by atoms with E-state index < -0.39 is 0 Å². The molecular formula is C12H8FNO. The van der Waals surface area contributed by atoms with Crippen molar-refractivity contribution in [2.24, 2.45) is 0 Å². The lowest BCUT2D eigenvalue weighted by atomic mass is 10.2. The van der Waals surface area contributed by atoms with E-state index in [0.29, 0.717) is 11.1 Å². The van der Waals surface area contributed by atoms with Crippen molar-refractivity contribution in [1.29, 1.82) is 0 Å². The molecule has 2 rings (SSSR count). The third-order valence-electron chi connectivity index (χ3n) is 1.91.